The average molecular weight is 322 g/mol. The number of benzene rings is 2. The third kappa shape index (κ3) is 3.79. The van der Waals surface area contributed by atoms with E-state index in [1.165, 1.54) is 0 Å². The molecule has 3 rings (SSSR count). The van der Waals surface area contributed by atoms with Gasteiger partial charge < -0.3 is 4.74 Å². The van der Waals surface area contributed by atoms with Gasteiger partial charge in [0.2, 0.25) is 5.88 Å². The van der Waals surface area contributed by atoms with Crippen molar-refractivity contribution in [2.45, 2.75) is 6.61 Å². The van der Waals surface area contributed by atoms with Crippen molar-refractivity contribution < 1.29 is 4.74 Å². The molecule has 0 N–H and O–H groups in total. The second kappa shape index (κ2) is 7.12. The number of hydrogen-bond acceptors (Lipinski definition) is 2. The number of nitrogens with zero attached hydrogens (tertiary/aromatic N) is 1. The summed E-state index contributed by atoms with van der Waals surface area (Å²) in [6, 6.07) is 19.6. The molecule has 0 unspecified atom stereocenters. The molecule has 1 heterocycles. The summed E-state index contributed by atoms with van der Waals surface area (Å²) in [4.78, 5) is 4.38. The Balaban J connectivity index is 1.76. The van der Waals surface area contributed by atoms with Crippen LogP contribution in [-0.2, 0) is 6.61 Å². The van der Waals surface area contributed by atoms with Gasteiger partial charge in [0, 0.05) is 22.8 Å². The molecule has 0 saturated carbocycles. The van der Waals surface area contributed by atoms with E-state index in [2.05, 4.69) is 11.6 Å². The Morgan fingerprint density at radius 3 is 2.57 bits per heavy atom. The van der Waals surface area contributed by atoms with Crippen LogP contribution in [0.5, 0.6) is 5.88 Å². The summed E-state index contributed by atoms with van der Waals surface area (Å²) in [6.45, 7) is 4.34. The molecule has 2 aromatic carbocycles. The Morgan fingerprint density at radius 2 is 1.87 bits per heavy atom. The van der Waals surface area contributed by atoms with Gasteiger partial charge in [-0.2, -0.15) is 0 Å². The highest BCUT2D eigenvalue weighted by Crippen LogP contribution is 2.27. The number of hydrogen-bond donors (Lipinski definition) is 0. The van der Waals surface area contributed by atoms with Crippen LogP contribution in [0.4, 0.5) is 0 Å². The molecule has 0 amide bonds. The first-order chi connectivity index (χ1) is 11.3. The van der Waals surface area contributed by atoms with Crippen LogP contribution in [0, 0.1) is 0 Å². The third-order valence-corrected chi connectivity index (χ3v) is 3.75. The monoisotopic (exact) mass is 321 g/mol. The van der Waals surface area contributed by atoms with Crippen molar-refractivity contribution in [3.8, 4) is 17.0 Å². The Hall–Kier alpha value is -2.58. The molecule has 1 aromatic heterocycles. The number of ether oxygens (including phenoxy) is 1. The lowest BCUT2D eigenvalue weighted by Crippen LogP contribution is -1.97. The van der Waals surface area contributed by atoms with Gasteiger partial charge in [-0.15, -0.1) is 0 Å². The molecule has 3 heteroatoms. The number of rotatable bonds is 5. The normalized spacial score (nSPS) is 10.3. The molecule has 3 aromatic rings. The molecule has 0 bridgehead atoms. The Kier molecular flexibility index (Phi) is 4.74. The van der Waals surface area contributed by atoms with Crippen LogP contribution < -0.4 is 4.74 Å². The highest BCUT2D eigenvalue weighted by Gasteiger charge is 2.05. The minimum Gasteiger partial charge on any atom is -0.473 e. The van der Waals surface area contributed by atoms with Crippen LogP contribution in [0.1, 0.15) is 11.1 Å². The maximum absolute atomic E-state index is 6.02. The van der Waals surface area contributed by atoms with Gasteiger partial charge in [-0.1, -0.05) is 60.7 Å². The van der Waals surface area contributed by atoms with Crippen molar-refractivity contribution in [1.82, 2.24) is 4.98 Å². The summed E-state index contributed by atoms with van der Waals surface area (Å²) in [7, 11) is 0. The fraction of sp³-hybridized carbons (Fsp3) is 0.0500. The van der Waals surface area contributed by atoms with Crippen LogP contribution in [0.15, 0.2) is 73.4 Å². The molecule has 0 aliphatic rings. The maximum atomic E-state index is 6.02. The van der Waals surface area contributed by atoms with E-state index in [0.717, 1.165) is 22.3 Å². The summed E-state index contributed by atoms with van der Waals surface area (Å²) in [5, 5.41) is 0.694. The van der Waals surface area contributed by atoms with E-state index < -0.39 is 0 Å². The number of halogens is 1. The molecule has 0 spiro atoms. The zero-order valence-corrected chi connectivity index (χ0v) is 13.3. The molecule has 0 fully saturated rings. The van der Waals surface area contributed by atoms with Crippen molar-refractivity contribution in [2.24, 2.45) is 0 Å². The molecule has 0 aliphatic heterocycles. The lowest BCUT2D eigenvalue weighted by atomic mass is 10.0. The Labute approximate surface area is 141 Å². The Bertz CT molecular complexity index is 798. The predicted molar refractivity (Wildman–Crippen MR) is 95.5 cm³/mol. The van der Waals surface area contributed by atoms with E-state index in [-0.39, 0.29) is 0 Å². The molecule has 0 radical (unpaired) electrons. The summed E-state index contributed by atoms with van der Waals surface area (Å²) in [6.07, 6.45) is 3.59. The van der Waals surface area contributed by atoms with Gasteiger partial charge in [-0.05, 0) is 34.9 Å². The summed E-state index contributed by atoms with van der Waals surface area (Å²) in [5.41, 5.74) is 4.15. The lowest BCUT2D eigenvalue weighted by molar-refractivity contribution is 0.294. The van der Waals surface area contributed by atoms with E-state index >= 15 is 0 Å². The first-order valence-corrected chi connectivity index (χ1v) is 7.69. The zero-order chi connectivity index (χ0) is 16.1. The number of aromatic nitrogens is 1. The van der Waals surface area contributed by atoms with Crippen molar-refractivity contribution in [3.05, 3.63) is 89.6 Å². The molecule has 0 saturated heterocycles. The van der Waals surface area contributed by atoms with Gasteiger partial charge in [0.1, 0.15) is 6.61 Å². The molecule has 23 heavy (non-hydrogen) atoms. The van der Waals surface area contributed by atoms with Gasteiger partial charge in [0.25, 0.3) is 0 Å². The topological polar surface area (TPSA) is 22.1 Å². The van der Waals surface area contributed by atoms with E-state index in [4.69, 9.17) is 16.3 Å². The van der Waals surface area contributed by atoms with Gasteiger partial charge in [-0.3, -0.25) is 0 Å². The second-order valence-electron chi connectivity index (χ2n) is 5.10. The predicted octanol–water partition coefficient (Wildman–Crippen LogP) is 5.62. The summed E-state index contributed by atoms with van der Waals surface area (Å²) < 4.78 is 5.71. The van der Waals surface area contributed by atoms with E-state index in [0.29, 0.717) is 17.5 Å². The van der Waals surface area contributed by atoms with Crippen LogP contribution in [-0.4, -0.2) is 4.98 Å². The molecule has 114 valence electrons. The van der Waals surface area contributed by atoms with E-state index in [9.17, 15) is 0 Å². The van der Waals surface area contributed by atoms with E-state index in [1.807, 2.05) is 60.7 Å². The summed E-state index contributed by atoms with van der Waals surface area (Å²) in [5.74, 6) is 0.603. The fourth-order valence-corrected chi connectivity index (χ4v) is 2.50. The van der Waals surface area contributed by atoms with Crippen molar-refractivity contribution in [3.63, 3.8) is 0 Å². The summed E-state index contributed by atoms with van der Waals surface area (Å²) >= 11 is 6.02. The molecular weight excluding hydrogens is 306 g/mol. The highest BCUT2D eigenvalue weighted by atomic mass is 35.5. The van der Waals surface area contributed by atoms with Crippen molar-refractivity contribution in [2.75, 3.05) is 0 Å². The largest absolute Gasteiger partial charge is 0.473 e. The first kappa shape index (κ1) is 15.3. The van der Waals surface area contributed by atoms with E-state index in [1.54, 1.807) is 12.3 Å². The minimum atomic E-state index is 0.506. The highest BCUT2D eigenvalue weighted by molar-refractivity contribution is 6.30. The average Bonchev–Trinajstić information content (AvgIpc) is 2.61. The second-order valence-corrected chi connectivity index (χ2v) is 5.53. The molecule has 0 aliphatic carbocycles. The zero-order valence-electron chi connectivity index (χ0n) is 12.6. The Morgan fingerprint density at radius 1 is 1.04 bits per heavy atom. The standard InChI is InChI=1S/C20H16ClNO/c1-2-16-12-18(21)9-10-19(16)17-8-11-20(22-13-17)23-14-15-6-4-3-5-7-15/h2-13H,1,14H2. The van der Waals surface area contributed by atoms with Crippen LogP contribution in [0.25, 0.3) is 17.2 Å². The quantitative estimate of drug-likeness (QED) is 0.608. The molecular formula is C20H16ClNO. The van der Waals surface area contributed by atoms with Crippen LogP contribution >= 0.6 is 11.6 Å². The third-order valence-electron chi connectivity index (χ3n) is 3.51. The van der Waals surface area contributed by atoms with Crippen LogP contribution in [0.2, 0.25) is 5.02 Å². The maximum Gasteiger partial charge on any atom is 0.213 e. The van der Waals surface area contributed by atoms with Crippen molar-refractivity contribution in [1.29, 1.82) is 0 Å². The van der Waals surface area contributed by atoms with Crippen LogP contribution in [0.3, 0.4) is 0 Å². The van der Waals surface area contributed by atoms with Gasteiger partial charge >= 0.3 is 0 Å². The van der Waals surface area contributed by atoms with Gasteiger partial charge in [-0.25, -0.2) is 4.98 Å². The van der Waals surface area contributed by atoms with Crippen molar-refractivity contribution >= 4 is 17.7 Å². The SMILES string of the molecule is C=Cc1cc(Cl)ccc1-c1ccc(OCc2ccccc2)nc1. The van der Waals surface area contributed by atoms with Gasteiger partial charge in [0.15, 0.2) is 0 Å². The smallest absolute Gasteiger partial charge is 0.213 e. The molecule has 2 nitrogen and oxygen atoms in total. The number of pyridine rings is 1. The van der Waals surface area contributed by atoms with Gasteiger partial charge in [0.05, 0.1) is 0 Å². The lowest BCUT2D eigenvalue weighted by Gasteiger charge is -2.09. The molecule has 0 atom stereocenters. The first-order valence-electron chi connectivity index (χ1n) is 7.31. The fourth-order valence-electron chi connectivity index (χ4n) is 2.32. The minimum absolute atomic E-state index is 0.506.